The molecular weight excluding hydrogens is 414 g/mol. The number of urea groups is 1. The van der Waals surface area contributed by atoms with Crippen molar-refractivity contribution in [1.82, 2.24) is 10.6 Å². The topological polar surface area (TPSA) is 50.4 Å². The highest BCUT2D eigenvalue weighted by Gasteiger charge is 2.30. The molecule has 160 valence electrons. The van der Waals surface area contributed by atoms with E-state index in [1.54, 1.807) is 0 Å². The average Bonchev–Trinajstić information content (AvgIpc) is 2.68. The van der Waals surface area contributed by atoms with Crippen molar-refractivity contribution in [3.05, 3.63) is 65.2 Å². The number of halogens is 6. The van der Waals surface area contributed by atoms with E-state index in [-0.39, 0.29) is 24.4 Å². The number of rotatable bonds is 5. The summed E-state index contributed by atoms with van der Waals surface area (Å²) in [5, 5.41) is 4.94. The van der Waals surface area contributed by atoms with Gasteiger partial charge in [0.2, 0.25) is 0 Å². The fourth-order valence-electron chi connectivity index (χ4n) is 2.16. The Kier molecular flexibility index (Phi) is 7.58. The van der Waals surface area contributed by atoms with Crippen LogP contribution in [0.1, 0.15) is 16.7 Å². The molecule has 0 spiro atoms. The van der Waals surface area contributed by atoms with Crippen LogP contribution in [0.4, 0.5) is 31.1 Å². The van der Waals surface area contributed by atoms with Gasteiger partial charge < -0.3 is 15.4 Å². The minimum atomic E-state index is -4.46. The monoisotopic (exact) mass is 430 g/mol. The zero-order chi connectivity index (χ0) is 22.2. The lowest BCUT2D eigenvalue weighted by atomic mass is 10.1. The van der Waals surface area contributed by atoms with E-state index in [4.69, 9.17) is 0 Å². The fourth-order valence-corrected chi connectivity index (χ4v) is 2.16. The Hall–Kier alpha value is -3.35. The molecule has 2 amide bonds. The average molecular weight is 430 g/mol. The van der Waals surface area contributed by atoms with Gasteiger partial charge in [0.1, 0.15) is 5.75 Å². The van der Waals surface area contributed by atoms with E-state index in [1.165, 1.54) is 36.4 Å². The van der Waals surface area contributed by atoms with Crippen molar-refractivity contribution in [1.29, 1.82) is 0 Å². The number of benzene rings is 2. The second-order valence-corrected chi connectivity index (χ2v) is 5.96. The first kappa shape index (κ1) is 22.9. The van der Waals surface area contributed by atoms with Gasteiger partial charge in [-0.15, -0.1) is 0 Å². The van der Waals surface area contributed by atoms with Crippen LogP contribution in [0.25, 0.3) is 0 Å². The van der Waals surface area contributed by atoms with E-state index in [9.17, 15) is 31.1 Å². The number of amides is 2. The van der Waals surface area contributed by atoms with Crippen molar-refractivity contribution in [2.45, 2.75) is 18.9 Å². The van der Waals surface area contributed by atoms with Crippen LogP contribution in [0.2, 0.25) is 0 Å². The van der Waals surface area contributed by atoms with Gasteiger partial charge in [-0.25, -0.2) is 4.79 Å². The van der Waals surface area contributed by atoms with Crippen LogP contribution in [-0.4, -0.2) is 25.4 Å². The summed E-state index contributed by atoms with van der Waals surface area (Å²) in [6.45, 7) is -1.38. The van der Waals surface area contributed by atoms with Gasteiger partial charge in [0.25, 0.3) is 0 Å². The van der Waals surface area contributed by atoms with Gasteiger partial charge >= 0.3 is 18.4 Å². The lowest BCUT2D eigenvalue weighted by molar-refractivity contribution is -0.153. The Morgan fingerprint density at radius 1 is 0.967 bits per heavy atom. The first-order chi connectivity index (χ1) is 14.0. The van der Waals surface area contributed by atoms with Crippen LogP contribution in [-0.2, 0) is 12.7 Å². The van der Waals surface area contributed by atoms with Crippen molar-refractivity contribution in [2.24, 2.45) is 0 Å². The molecule has 2 rings (SSSR count). The van der Waals surface area contributed by atoms with Crippen LogP contribution in [0.5, 0.6) is 5.75 Å². The third kappa shape index (κ3) is 8.34. The van der Waals surface area contributed by atoms with Gasteiger partial charge in [0.05, 0.1) is 12.1 Å². The Labute approximate surface area is 168 Å². The van der Waals surface area contributed by atoms with Crippen LogP contribution >= 0.6 is 0 Å². The van der Waals surface area contributed by atoms with Gasteiger partial charge in [-0.05, 0) is 35.9 Å². The summed E-state index contributed by atoms with van der Waals surface area (Å²) in [4.78, 5) is 11.7. The normalized spacial score (nSPS) is 11.3. The molecule has 2 aromatic rings. The molecule has 0 atom stereocenters. The molecular formula is C20H16F6N2O2. The number of hydrogen-bond acceptors (Lipinski definition) is 2. The van der Waals surface area contributed by atoms with E-state index >= 15 is 0 Å². The Morgan fingerprint density at radius 3 is 2.30 bits per heavy atom. The Bertz CT molecular complexity index is 912. The van der Waals surface area contributed by atoms with E-state index in [1.807, 2.05) is 0 Å². The molecule has 0 unspecified atom stereocenters. The molecule has 0 fully saturated rings. The largest absolute Gasteiger partial charge is 0.484 e. The third-order valence-electron chi connectivity index (χ3n) is 3.54. The Morgan fingerprint density at radius 2 is 1.67 bits per heavy atom. The quantitative estimate of drug-likeness (QED) is 0.542. The first-order valence-electron chi connectivity index (χ1n) is 8.49. The molecule has 0 radical (unpaired) electrons. The molecule has 0 bridgehead atoms. The second-order valence-electron chi connectivity index (χ2n) is 5.96. The zero-order valence-electron chi connectivity index (χ0n) is 15.3. The van der Waals surface area contributed by atoms with Crippen molar-refractivity contribution in [3.8, 4) is 17.6 Å². The summed E-state index contributed by atoms with van der Waals surface area (Å²) in [6.07, 6.45) is -8.89. The smallest absolute Gasteiger partial charge is 0.422 e. The first-order valence-corrected chi connectivity index (χ1v) is 8.49. The van der Waals surface area contributed by atoms with Crippen LogP contribution in [0, 0.1) is 11.8 Å². The van der Waals surface area contributed by atoms with Gasteiger partial charge in [-0.3, -0.25) is 0 Å². The fraction of sp³-hybridized carbons (Fsp3) is 0.250. The number of alkyl halides is 6. The number of carbonyl (C=O) groups excluding carboxylic acids is 1. The molecule has 2 aromatic carbocycles. The maximum atomic E-state index is 12.6. The summed E-state index contributed by atoms with van der Waals surface area (Å²) in [5.74, 6) is 5.12. The van der Waals surface area contributed by atoms with Gasteiger partial charge in [-0.1, -0.05) is 30.0 Å². The summed E-state index contributed by atoms with van der Waals surface area (Å²) in [7, 11) is 0. The van der Waals surface area contributed by atoms with Crippen LogP contribution in [0.3, 0.4) is 0 Å². The third-order valence-corrected chi connectivity index (χ3v) is 3.54. The Balaban J connectivity index is 1.75. The van der Waals surface area contributed by atoms with Crippen molar-refractivity contribution >= 4 is 6.03 Å². The molecule has 0 aliphatic rings. The van der Waals surface area contributed by atoms with Crippen LogP contribution < -0.4 is 15.4 Å². The molecule has 0 aromatic heterocycles. The van der Waals surface area contributed by atoms with E-state index in [0.717, 1.165) is 12.1 Å². The molecule has 2 N–H and O–H groups in total. The maximum absolute atomic E-state index is 12.6. The summed E-state index contributed by atoms with van der Waals surface area (Å²) < 4.78 is 78.7. The van der Waals surface area contributed by atoms with Crippen molar-refractivity contribution in [3.63, 3.8) is 0 Å². The predicted molar refractivity (Wildman–Crippen MR) is 96.6 cm³/mol. The minimum Gasteiger partial charge on any atom is -0.484 e. The highest BCUT2D eigenvalue weighted by molar-refractivity contribution is 5.74. The highest BCUT2D eigenvalue weighted by atomic mass is 19.4. The SMILES string of the molecule is O=C(NCC#Cc1cccc(C(F)(F)F)c1)NCc1ccc(OCC(F)(F)F)cc1. The highest BCUT2D eigenvalue weighted by Crippen LogP contribution is 2.29. The molecule has 10 heteroatoms. The maximum Gasteiger partial charge on any atom is 0.422 e. The second kappa shape index (κ2) is 9.91. The molecule has 0 saturated carbocycles. The molecule has 0 saturated heterocycles. The summed E-state index contributed by atoms with van der Waals surface area (Å²) in [5.41, 5.74) is -0.0192. The zero-order valence-corrected chi connectivity index (χ0v) is 15.3. The number of nitrogens with one attached hydrogen (secondary N) is 2. The minimum absolute atomic E-state index is 0.0467. The molecule has 0 heterocycles. The van der Waals surface area contributed by atoms with Crippen LogP contribution in [0.15, 0.2) is 48.5 Å². The molecule has 0 aliphatic heterocycles. The summed E-state index contributed by atoms with van der Waals surface area (Å²) >= 11 is 0. The molecule has 4 nitrogen and oxygen atoms in total. The predicted octanol–water partition coefficient (Wildman–Crippen LogP) is 4.50. The van der Waals surface area contributed by atoms with E-state index < -0.39 is 30.6 Å². The van der Waals surface area contributed by atoms with Gasteiger partial charge in [0.15, 0.2) is 6.61 Å². The summed E-state index contributed by atoms with van der Waals surface area (Å²) in [6, 6.07) is 9.64. The number of hydrogen-bond donors (Lipinski definition) is 2. The van der Waals surface area contributed by atoms with E-state index in [0.29, 0.717) is 5.56 Å². The lowest BCUT2D eigenvalue weighted by Gasteiger charge is -2.10. The molecule has 0 aliphatic carbocycles. The van der Waals surface area contributed by atoms with Crippen molar-refractivity contribution < 1.29 is 35.9 Å². The van der Waals surface area contributed by atoms with Gasteiger partial charge in [0, 0.05) is 12.1 Å². The van der Waals surface area contributed by atoms with Gasteiger partial charge in [-0.2, -0.15) is 26.3 Å². The number of ether oxygens (including phenoxy) is 1. The van der Waals surface area contributed by atoms with E-state index in [2.05, 4.69) is 27.2 Å². The lowest BCUT2D eigenvalue weighted by Crippen LogP contribution is -2.35. The van der Waals surface area contributed by atoms with Crippen molar-refractivity contribution in [2.75, 3.05) is 13.2 Å². The number of carbonyl (C=O) groups is 1. The molecule has 30 heavy (non-hydrogen) atoms. The standard InChI is InChI=1S/C20H16F6N2O2/c21-19(22,23)13-30-17-8-6-15(7-9-17)12-28-18(29)27-10-2-4-14-3-1-5-16(11-14)20(24,25)26/h1,3,5-9,11H,10,12-13H2,(H2,27,28,29).